The predicted molar refractivity (Wildman–Crippen MR) is 99.3 cm³/mol. The minimum atomic E-state index is 0.0344. The van der Waals surface area contributed by atoms with Crippen LogP contribution < -0.4 is 16.0 Å². The Morgan fingerprint density at radius 3 is 2.56 bits per heavy atom. The van der Waals surface area contributed by atoms with Gasteiger partial charge in [0.25, 0.3) is 0 Å². The van der Waals surface area contributed by atoms with Gasteiger partial charge < -0.3 is 20.9 Å². The second-order valence-electron chi connectivity index (χ2n) is 7.37. The van der Waals surface area contributed by atoms with E-state index < -0.39 is 0 Å². The van der Waals surface area contributed by atoms with Crippen LogP contribution in [0.15, 0.2) is 4.99 Å². The van der Waals surface area contributed by atoms with Gasteiger partial charge in [-0.1, -0.05) is 12.8 Å². The van der Waals surface area contributed by atoms with Crippen LogP contribution in [-0.2, 0) is 9.59 Å². The third-order valence-electron chi connectivity index (χ3n) is 4.86. The molecule has 0 radical (unpaired) electrons. The minimum absolute atomic E-state index is 0.0344. The lowest BCUT2D eigenvalue weighted by Crippen LogP contribution is -2.46. The zero-order valence-corrected chi connectivity index (χ0v) is 15.8. The van der Waals surface area contributed by atoms with E-state index in [2.05, 4.69) is 20.9 Å². The highest BCUT2D eigenvalue weighted by atomic mass is 16.2. The number of guanidine groups is 1. The van der Waals surface area contributed by atoms with Crippen molar-refractivity contribution in [2.75, 3.05) is 26.7 Å². The average Bonchev–Trinajstić information content (AvgIpc) is 3.24. The number of nitrogens with one attached hydrogen (secondary N) is 3. The zero-order chi connectivity index (χ0) is 18.2. The molecule has 0 aromatic rings. The summed E-state index contributed by atoms with van der Waals surface area (Å²) in [6.45, 7) is 6.00. The Bertz CT molecular complexity index is 486. The highest BCUT2D eigenvalue weighted by Crippen LogP contribution is 2.27. The second-order valence-corrected chi connectivity index (χ2v) is 7.37. The maximum absolute atomic E-state index is 12.5. The molecule has 1 saturated carbocycles. The van der Waals surface area contributed by atoms with E-state index in [9.17, 15) is 9.59 Å². The van der Waals surface area contributed by atoms with Crippen LogP contribution in [0.1, 0.15) is 52.4 Å². The van der Waals surface area contributed by atoms with Crippen LogP contribution in [0, 0.1) is 5.92 Å². The molecule has 2 aliphatic rings. The average molecular weight is 351 g/mol. The van der Waals surface area contributed by atoms with Gasteiger partial charge in [0, 0.05) is 51.1 Å². The summed E-state index contributed by atoms with van der Waals surface area (Å²) in [5.41, 5.74) is 0. The predicted octanol–water partition coefficient (Wildman–Crippen LogP) is 0.857. The van der Waals surface area contributed by atoms with E-state index in [0.29, 0.717) is 24.8 Å². The molecule has 1 aliphatic heterocycles. The van der Waals surface area contributed by atoms with E-state index in [0.717, 1.165) is 32.4 Å². The Morgan fingerprint density at radius 2 is 1.92 bits per heavy atom. The van der Waals surface area contributed by atoms with Gasteiger partial charge in [-0.15, -0.1) is 0 Å². The van der Waals surface area contributed by atoms with Crippen LogP contribution in [0.3, 0.4) is 0 Å². The largest absolute Gasteiger partial charge is 0.356 e. The molecular weight excluding hydrogens is 318 g/mol. The lowest BCUT2D eigenvalue weighted by atomic mass is 10.1. The van der Waals surface area contributed by atoms with Gasteiger partial charge in [0.1, 0.15) is 0 Å². The van der Waals surface area contributed by atoms with Gasteiger partial charge in [-0.2, -0.15) is 0 Å². The Kier molecular flexibility index (Phi) is 7.52. The van der Waals surface area contributed by atoms with Crippen molar-refractivity contribution in [2.45, 2.75) is 64.5 Å². The number of hydrogen-bond donors (Lipinski definition) is 3. The van der Waals surface area contributed by atoms with Crippen molar-refractivity contribution in [3.8, 4) is 0 Å². The van der Waals surface area contributed by atoms with Crippen molar-refractivity contribution in [1.82, 2.24) is 20.9 Å². The molecule has 142 valence electrons. The molecule has 2 amide bonds. The minimum Gasteiger partial charge on any atom is -0.356 e. The van der Waals surface area contributed by atoms with E-state index >= 15 is 0 Å². The number of carbonyl (C=O) groups excluding carboxylic acids is 2. The van der Waals surface area contributed by atoms with Crippen LogP contribution in [0.5, 0.6) is 0 Å². The molecule has 1 atom stereocenters. The Hall–Kier alpha value is -1.79. The van der Waals surface area contributed by atoms with Crippen molar-refractivity contribution in [3.63, 3.8) is 0 Å². The first kappa shape index (κ1) is 19.5. The number of likely N-dealkylation sites (tertiary alicyclic amines) is 1. The summed E-state index contributed by atoms with van der Waals surface area (Å²) < 4.78 is 0. The molecule has 1 heterocycles. The molecule has 7 heteroatoms. The fraction of sp³-hybridized carbons (Fsp3) is 0.833. The maximum Gasteiger partial charge on any atom is 0.225 e. The van der Waals surface area contributed by atoms with Crippen molar-refractivity contribution < 1.29 is 9.59 Å². The lowest BCUT2D eigenvalue weighted by molar-refractivity contribution is -0.134. The van der Waals surface area contributed by atoms with E-state index in [-0.39, 0.29) is 23.9 Å². The van der Waals surface area contributed by atoms with Crippen LogP contribution in [-0.4, -0.2) is 61.4 Å². The van der Waals surface area contributed by atoms with Crippen molar-refractivity contribution >= 4 is 17.8 Å². The summed E-state index contributed by atoms with van der Waals surface area (Å²) in [6.07, 6.45) is 5.83. The summed E-state index contributed by atoms with van der Waals surface area (Å²) in [7, 11) is 1.72. The van der Waals surface area contributed by atoms with Crippen LogP contribution in [0.2, 0.25) is 0 Å². The zero-order valence-electron chi connectivity index (χ0n) is 15.8. The summed E-state index contributed by atoms with van der Waals surface area (Å²) in [6, 6.07) is 0.382. The molecule has 0 spiro atoms. The Labute approximate surface area is 151 Å². The van der Waals surface area contributed by atoms with Gasteiger partial charge in [0.05, 0.1) is 0 Å². The van der Waals surface area contributed by atoms with Gasteiger partial charge in [-0.3, -0.25) is 14.6 Å². The Morgan fingerprint density at radius 1 is 1.20 bits per heavy atom. The summed E-state index contributed by atoms with van der Waals surface area (Å²) in [5, 5.41) is 9.41. The normalized spacial score (nSPS) is 21.7. The van der Waals surface area contributed by atoms with Crippen LogP contribution >= 0.6 is 0 Å². The lowest BCUT2D eigenvalue weighted by Gasteiger charge is -2.21. The fourth-order valence-corrected chi connectivity index (χ4v) is 3.59. The maximum atomic E-state index is 12.5. The number of rotatable bonds is 6. The van der Waals surface area contributed by atoms with Crippen LogP contribution in [0.25, 0.3) is 0 Å². The molecule has 0 aromatic carbocycles. The first-order valence-electron chi connectivity index (χ1n) is 9.55. The first-order chi connectivity index (χ1) is 12.0. The standard InChI is InChI=1S/C18H33N5O2/c1-13(2)21-16(24)8-10-20-18(19-3)22-15-9-11-23(12-15)17(25)14-6-4-5-7-14/h13-15H,4-12H2,1-3H3,(H,21,24)(H2,19,20,22). The number of hydrogen-bond acceptors (Lipinski definition) is 3. The topological polar surface area (TPSA) is 85.8 Å². The van der Waals surface area contributed by atoms with Gasteiger partial charge in [0.15, 0.2) is 5.96 Å². The van der Waals surface area contributed by atoms with E-state index in [1.807, 2.05) is 18.7 Å². The Balaban J connectivity index is 1.69. The molecule has 25 heavy (non-hydrogen) atoms. The fourth-order valence-electron chi connectivity index (χ4n) is 3.59. The smallest absolute Gasteiger partial charge is 0.225 e. The summed E-state index contributed by atoms with van der Waals surface area (Å²) in [4.78, 5) is 30.4. The van der Waals surface area contributed by atoms with Crippen molar-refractivity contribution in [1.29, 1.82) is 0 Å². The van der Waals surface area contributed by atoms with Gasteiger partial charge in [0.2, 0.25) is 11.8 Å². The van der Waals surface area contributed by atoms with Gasteiger partial charge >= 0.3 is 0 Å². The number of nitrogens with zero attached hydrogens (tertiary/aromatic N) is 2. The highest BCUT2D eigenvalue weighted by Gasteiger charge is 2.32. The molecule has 2 rings (SSSR count). The van der Waals surface area contributed by atoms with Crippen molar-refractivity contribution in [2.24, 2.45) is 10.9 Å². The first-order valence-corrected chi connectivity index (χ1v) is 9.55. The van der Waals surface area contributed by atoms with Crippen LogP contribution in [0.4, 0.5) is 0 Å². The third-order valence-corrected chi connectivity index (χ3v) is 4.86. The summed E-state index contributed by atoms with van der Waals surface area (Å²) >= 11 is 0. The van der Waals surface area contributed by atoms with E-state index in [1.54, 1.807) is 7.05 Å². The van der Waals surface area contributed by atoms with E-state index in [1.165, 1.54) is 12.8 Å². The number of amides is 2. The number of carbonyl (C=O) groups is 2. The number of aliphatic imine (C=N–C) groups is 1. The summed E-state index contributed by atoms with van der Waals surface area (Å²) in [5.74, 6) is 1.30. The molecule has 0 bridgehead atoms. The molecule has 3 N–H and O–H groups in total. The molecule has 1 aliphatic carbocycles. The quantitative estimate of drug-likeness (QED) is 0.489. The molecule has 7 nitrogen and oxygen atoms in total. The monoisotopic (exact) mass is 351 g/mol. The molecule has 1 unspecified atom stereocenters. The van der Waals surface area contributed by atoms with Gasteiger partial charge in [-0.25, -0.2) is 0 Å². The van der Waals surface area contributed by atoms with Gasteiger partial charge in [-0.05, 0) is 33.1 Å². The van der Waals surface area contributed by atoms with E-state index in [4.69, 9.17) is 0 Å². The SMILES string of the molecule is CN=C(NCCC(=O)NC(C)C)NC1CCN(C(=O)C2CCCC2)C1. The third kappa shape index (κ3) is 6.21. The van der Waals surface area contributed by atoms with Crippen molar-refractivity contribution in [3.05, 3.63) is 0 Å². The molecule has 2 fully saturated rings. The molecule has 1 saturated heterocycles. The second kappa shape index (κ2) is 9.63. The molecule has 0 aromatic heterocycles. The highest BCUT2D eigenvalue weighted by molar-refractivity contribution is 5.82. The molecular formula is C18H33N5O2.